The van der Waals surface area contributed by atoms with E-state index in [0.29, 0.717) is 11.3 Å². The van der Waals surface area contributed by atoms with E-state index in [2.05, 4.69) is 4.98 Å². The molecule has 18 heavy (non-hydrogen) atoms. The molecule has 0 amide bonds. The van der Waals surface area contributed by atoms with Gasteiger partial charge in [0.2, 0.25) is 0 Å². The van der Waals surface area contributed by atoms with Crippen LogP contribution >= 0.6 is 23.6 Å². The first-order valence-corrected chi connectivity index (χ1v) is 7.22. The number of aromatic nitrogens is 2. The van der Waals surface area contributed by atoms with Gasteiger partial charge in [-0.15, -0.1) is 11.3 Å². The number of nitrogens with one attached hydrogen (secondary N) is 1. The van der Waals surface area contributed by atoms with Crippen molar-refractivity contribution in [2.75, 3.05) is 13.7 Å². The highest BCUT2D eigenvalue weighted by Crippen LogP contribution is 2.14. The summed E-state index contributed by atoms with van der Waals surface area (Å²) in [6.45, 7) is 1.44. The Morgan fingerprint density at radius 2 is 2.28 bits per heavy atom. The van der Waals surface area contributed by atoms with Crippen molar-refractivity contribution in [3.8, 4) is 0 Å². The van der Waals surface area contributed by atoms with Gasteiger partial charge in [-0.05, 0) is 42.9 Å². The van der Waals surface area contributed by atoms with E-state index in [9.17, 15) is 4.79 Å². The number of fused-ring (bicyclic) bond motifs is 1. The fraction of sp³-hybridized carbons (Fsp3) is 0.500. The van der Waals surface area contributed by atoms with E-state index < -0.39 is 0 Å². The first-order chi connectivity index (χ1) is 8.74. The van der Waals surface area contributed by atoms with Crippen molar-refractivity contribution in [1.29, 1.82) is 0 Å². The van der Waals surface area contributed by atoms with Gasteiger partial charge in [-0.1, -0.05) is 0 Å². The lowest BCUT2D eigenvalue weighted by Crippen LogP contribution is -2.21. The summed E-state index contributed by atoms with van der Waals surface area (Å²) in [4.78, 5) is 16.2. The van der Waals surface area contributed by atoms with Crippen LogP contribution < -0.4 is 5.56 Å². The highest BCUT2D eigenvalue weighted by molar-refractivity contribution is 7.71. The number of H-pyrrole nitrogens is 1. The molecule has 0 saturated heterocycles. The SMILES string of the molecule is COCCCCCn1c(=S)[nH]c2sccc2c1=O. The van der Waals surface area contributed by atoms with Gasteiger partial charge in [0.15, 0.2) is 4.77 Å². The number of unbranched alkanes of at least 4 members (excludes halogenated alkanes) is 2. The number of nitrogens with zero attached hydrogens (tertiary/aromatic N) is 1. The van der Waals surface area contributed by atoms with Gasteiger partial charge in [-0.2, -0.15) is 0 Å². The van der Waals surface area contributed by atoms with E-state index in [0.717, 1.165) is 36.1 Å². The maximum Gasteiger partial charge on any atom is 0.263 e. The summed E-state index contributed by atoms with van der Waals surface area (Å²) >= 11 is 6.73. The standard InChI is InChI=1S/C12H16N2O2S2/c1-16-7-4-2-3-6-14-11(15)9-5-8-18-10(9)13-12(14)17/h5,8H,2-4,6-7H2,1H3,(H,13,17). The van der Waals surface area contributed by atoms with Gasteiger partial charge >= 0.3 is 0 Å². The normalized spacial score (nSPS) is 11.2. The van der Waals surface area contributed by atoms with Crippen LogP contribution in [0.25, 0.3) is 10.2 Å². The molecule has 0 radical (unpaired) electrons. The molecule has 0 aliphatic carbocycles. The van der Waals surface area contributed by atoms with Crippen LogP contribution in [0, 0.1) is 4.77 Å². The zero-order valence-electron chi connectivity index (χ0n) is 10.3. The van der Waals surface area contributed by atoms with Gasteiger partial charge in [0.1, 0.15) is 4.83 Å². The third kappa shape index (κ3) is 2.88. The summed E-state index contributed by atoms with van der Waals surface area (Å²) in [5, 5.41) is 2.63. The lowest BCUT2D eigenvalue weighted by atomic mass is 10.2. The molecule has 0 saturated carbocycles. The van der Waals surface area contributed by atoms with E-state index in [1.807, 2.05) is 11.4 Å². The highest BCUT2D eigenvalue weighted by atomic mass is 32.1. The summed E-state index contributed by atoms with van der Waals surface area (Å²) < 4.78 is 7.16. The third-order valence-corrected chi connectivity index (χ3v) is 3.99. The second kappa shape index (κ2) is 6.26. The molecule has 2 rings (SSSR count). The van der Waals surface area contributed by atoms with E-state index in [-0.39, 0.29) is 5.56 Å². The van der Waals surface area contributed by atoms with Gasteiger partial charge < -0.3 is 9.72 Å². The second-order valence-corrected chi connectivity index (χ2v) is 5.41. The van der Waals surface area contributed by atoms with E-state index in [4.69, 9.17) is 17.0 Å². The first-order valence-electron chi connectivity index (χ1n) is 5.93. The Hall–Kier alpha value is -0.980. The van der Waals surface area contributed by atoms with Crippen molar-refractivity contribution < 1.29 is 4.74 Å². The lowest BCUT2D eigenvalue weighted by molar-refractivity contribution is 0.191. The molecule has 6 heteroatoms. The minimum Gasteiger partial charge on any atom is -0.385 e. The molecule has 2 aromatic rings. The van der Waals surface area contributed by atoms with Crippen LogP contribution in [-0.2, 0) is 11.3 Å². The minimum absolute atomic E-state index is 0.0155. The number of hydrogen-bond acceptors (Lipinski definition) is 4. The van der Waals surface area contributed by atoms with E-state index >= 15 is 0 Å². The predicted molar refractivity (Wildman–Crippen MR) is 77.0 cm³/mol. The van der Waals surface area contributed by atoms with E-state index in [1.165, 1.54) is 11.3 Å². The van der Waals surface area contributed by atoms with Crippen LogP contribution in [0.2, 0.25) is 0 Å². The average molecular weight is 284 g/mol. The van der Waals surface area contributed by atoms with Gasteiger partial charge in [-0.25, -0.2) is 0 Å². The number of thiophene rings is 1. The molecule has 4 nitrogen and oxygen atoms in total. The highest BCUT2D eigenvalue weighted by Gasteiger charge is 2.05. The van der Waals surface area contributed by atoms with Crippen molar-refractivity contribution in [3.05, 3.63) is 26.6 Å². The monoisotopic (exact) mass is 284 g/mol. The summed E-state index contributed by atoms with van der Waals surface area (Å²) in [6, 6.07) is 1.84. The van der Waals surface area contributed by atoms with Crippen molar-refractivity contribution in [2.24, 2.45) is 0 Å². The van der Waals surface area contributed by atoms with Crippen LogP contribution in [0.1, 0.15) is 19.3 Å². The molecular weight excluding hydrogens is 268 g/mol. The van der Waals surface area contributed by atoms with Crippen molar-refractivity contribution in [1.82, 2.24) is 9.55 Å². The zero-order valence-corrected chi connectivity index (χ0v) is 11.9. The number of rotatable bonds is 6. The van der Waals surface area contributed by atoms with Crippen LogP contribution in [-0.4, -0.2) is 23.3 Å². The summed E-state index contributed by atoms with van der Waals surface area (Å²) in [6.07, 6.45) is 3.00. The van der Waals surface area contributed by atoms with Gasteiger partial charge in [0.25, 0.3) is 5.56 Å². The Bertz CT molecular complexity index is 627. The fourth-order valence-electron chi connectivity index (χ4n) is 1.87. The van der Waals surface area contributed by atoms with Gasteiger partial charge in [0.05, 0.1) is 5.39 Å². The van der Waals surface area contributed by atoms with Gasteiger partial charge in [-0.3, -0.25) is 9.36 Å². The zero-order chi connectivity index (χ0) is 13.0. The Kier molecular flexibility index (Phi) is 4.68. The quantitative estimate of drug-likeness (QED) is 0.655. The maximum absolute atomic E-state index is 12.2. The molecule has 2 heterocycles. The van der Waals surface area contributed by atoms with Crippen LogP contribution in [0.3, 0.4) is 0 Å². The minimum atomic E-state index is 0.0155. The molecule has 0 fully saturated rings. The Labute approximate surface area is 114 Å². The van der Waals surface area contributed by atoms with Crippen molar-refractivity contribution >= 4 is 33.8 Å². The predicted octanol–water partition coefficient (Wildman–Crippen LogP) is 2.94. The number of ether oxygens (including phenoxy) is 1. The molecule has 0 aliphatic rings. The Morgan fingerprint density at radius 3 is 3.06 bits per heavy atom. The molecular formula is C12H16N2O2S2. The third-order valence-electron chi connectivity index (χ3n) is 2.84. The topological polar surface area (TPSA) is 47.0 Å². The van der Waals surface area contributed by atoms with Crippen LogP contribution in [0.15, 0.2) is 16.2 Å². The molecule has 0 aromatic carbocycles. The van der Waals surface area contributed by atoms with Crippen LogP contribution in [0.4, 0.5) is 0 Å². The summed E-state index contributed by atoms with van der Waals surface area (Å²) in [7, 11) is 1.70. The molecule has 98 valence electrons. The molecule has 0 bridgehead atoms. The van der Waals surface area contributed by atoms with Crippen molar-refractivity contribution in [2.45, 2.75) is 25.8 Å². The molecule has 0 unspecified atom stereocenters. The largest absolute Gasteiger partial charge is 0.385 e. The fourth-order valence-corrected chi connectivity index (χ4v) is 2.99. The molecule has 0 aliphatic heterocycles. The van der Waals surface area contributed by atoms with E-state index in [1.54, 1.807) is 11.7 Å². The smallest absolute Gasteiger partial charge is 0.263 e. The average Bonchev–Trinajstić information content (AvgIpc) is 2.80. The Balaban J connectivity index is 2.13. The number of hydrogen-bond donors (Lipinski definition) is 1. The number of methoxy groups -OCH3 is 1. The summed E-state index contributed by atoms with van der Waals surface area (Å²) in [5.74, 6) is 0. The molecule has 2 aromatic heterocycles. The number of aromatic amines is 1. The lowest BCUT2D eigenvalue weighted by Gasteiger charge is -2.06. The van der Waals surface area contributed by atoms with Crippen LogP contribution in [0.5, 0.6) is 0 Å². The first kappa shape index (κ1) is 13.5. The molecule has 0 spiro atoms. The molecule has 1 N–H and O–H groups in total. The molecule has 0 atom stereocenters. The Morgan fingerprint density at radius 1 is 1.44 bits per heavy atom. The second-order valence-electron chi connectivity index (χ2n) is 4.10. The summed E-state index contributed by atoms with van der Waals surface area (Å²) in [5.41, 5.74) is 0.0155. The maximum atomic E-state index is 12.2. The van der Waals surface area contributed by atoms with Gasteiger partial charge in [0, 0.05) is 20.3 Å². The van der Waals surface area contributed by atoms with Crippen molar-refractivity contribution in [3.63, 3.8) is 0 Å².